The zero-order chi connectivity index (χ0) is 22.7. The van der Waals surface area contributed by atoms with Gasteiger partial charge in [0.1, 0.15) is 23.3 Å². The second-order valence-corrected chi connectivity index (χ2v) is 9.30. The van der Waals surface area contributed by atoms with E-state index in [0.29, 0.717) is 6.61 Å². The summed E-state index contributed by atoms with van der Waals surface area (Å²) in [6.07, 6.45) is 2.01. The summed E-state index contributed by atoms with van der Waals surface area (Å²) in [6.45, 7) is 2.60. The maximum Gasteiger partial charge on any atom is 0.190 e. The van der Waals surface area contributed by atoms with Gasteiger partial charge in [-0.15, -0.1) is 0 Å². The molecule has 4 N–H and O–H groups in total. The van der Waals surface area contributed by atoms with E-state index in [1.807, 2.05) is 55.5 Å². The van der Waals surface area contributed by atoms with E-state index in [1.54, 1.807) is 13.2 Å². The normalized spacial score (nSPS) is 17.9. The van der Waals surface area contributed by atoms with E-state index in [4.69, 9.17) is 9.47 Å². The number of hydrogen-bond acceptors (Lipinski definition) is 4. The quantitative estimate of drug-likeness (QED) is 0.384. The zero-order valence-electron chi connectivity index (χ0n) is 17.8. The lowest BCUT2D eigenvalue weighted by Crippen LogP contribution is -2.89. The highest BCUT2D eigenvalue weighted by atomic mass is 79.9. The van der Waals surface area contributed by atoms with Crippen molar-refractivity contribution in [1.29, 1.82) is 0 Å². The van der Waals surface area contributed by atoms with Gasteiger partial charge in [0.2, 0.25) is 0 Å². The van der Waals surface area contributed by atoms with Crippen LogP contribution in [0.1, 0.15) is 35.8 Å². The van der Waals surface area contributed by atoms with Crippen LogP contribution in [-0.4, -0.2) is 18.8 Å². The molecule has 3 aromatic rings. The van der Waals surface area contributed by atoms with Crippen LogP contribution in [0, 0.1) is 0 Å². The van der Waals surface area contributed by atoms with Gasteiger partial charge in [-0.1, -0.05) is 31.9 Å². The van der Waals surface area contributed by atoms with E-state index in [0.717, 1.165) is 42.8 Å². The molecule has 2 atom stereocenters. The molecular weight excluding hydrogens is 536 g/mol. The number of hydrogen-bond donors (Lipinski definition) is 3. The van der Waals surface area contributed by atoms with Gasteiger partial charge in [-0.05, 0) is 73.2 Å². The van der Waals surface area contributed by atoms with Crippen LogP contribution < -0.4 is 20.1 Å². The first-order valence-electron chi connectivity index (χ1n) is 10.4. The van der Waals surface area contributed by atoms with Crippen molar-refractivity contribution in [1.82, 2.24) is 5.32 Å². The lowest BCUT2D eigenvalue weighted by Gasteiger charge is -2.31. The number of benzene rings is 3. The molecule has 0 radical (unpaired) electrons. The van der Waals surface area contributed by atoms with Crippen molar-refractivity contribution < 1.29 is 19.9 Å². The Bertz CT molecular complexity index is 1130. The molecule has 0 aromatic heterocycles. The van der Waals surface area contributed by atoms with Crippen LogP contribution in [0.5, 0.6) is 17.2 Å². The molecule has 0 amide bonds. The number of aromatic hydroxyl groups is 1. The third-order valence-corrected chi connectivity index (χ3v) is 6.40. The van der Waals surface area contributed by atoms with Crippen molar-refractivity contribution in [2.24, 2.45) is 0 Å². The Hall–Kier alpha value is -2.48. The fourth-order valence-electron chi connectivity index (χ4n) is 3.90. The second-order valence-electron chi connectivity index (χ2n) is 7.47. The van der Waals surface area contributed by atoms with Crippen LogP contribution in [0.4, 0.5) is 0 Å². The first kappa shape index (κ1) is 22.7. The Morgan fingerprint density at radius 1 is 0.969 bits per heavy atom. The minimum atomic E-state index is -0.127. The summed E-state index contributed by atoms with van der Waals surface area (Å²) in [4.78, 5) is 0. The van der Waals surface area contributed by atoms with Gasteiger partial charge >= 0.3 is 0 Å². The van der Waals surface area contributed by atoms with Crippen molar-refractivity contribution in [3.05, 3.63) is 92.4 Å². The number of ether oxygens (including phenoxy) is 2. The highest BCUT2D eigenvalue weighted by molar-refractivity contribution is 9.10. The smallest absolute Gasteiger partial charge is 0.190 e. The van der Waals surface area contributed by atoms with Crippen LogP contribution >= 0.6 is 31.9 Å². The van der Waals surface area contributed by atoms with Crippen LogP contribution in [0.25, 0.3) is 5.70 Å². The summed E-state index contributed by atoms with van der Waals surface area (Å²) in [5.74, 6) is 1.90. The van der Waals surface area contributed by atoms with Gasteiger partial charge in [-0.3, -0.25) is 0 Å². The lowest BCUT2D eigenvalue weighted by atomic mass is 9.97. The summed E-state index contributed by atoms with van der Waals surface area (Å²) in [7, 11) is 1.68. The molecule has 0 bridgehead atoms. The predicted molar refractivity (Wildman–Crippen MR) is 133 cm³/mol. The molecule has 1 heterocycles. The molecule has 0 fully saturated rings. The lowest BCUT2D eigenvalue weighted by molar-refractivity contribution is -0.731. The minimum absolute atomic E-state index is 0.107. The molecule has 1 aliphatic heterocycles. The molecule has 0 saturated heterocycles. The Balaban J connectivity index is 1.78. The number of nitrogens with one attached hydrogen (secondary N) is 1. The molecular formula is C25H25Br2N2O3+. The number of nitrogens with two attached hydrogens (primary N) is 1. The van der Waals surface area contributed by atoms with E-state index in [9.17, 15) is 5.11 Å². The van der Waals surface area contributed by atoms with Gasteiger partial charge in [-0.25, -0.2) is 0 Å². The van der Waals surface area contributed by atoms with Crippen LogP contribution in [-0.2, 0) is 0 Å². The highest BCUT2D eigenvalue weighted by Gasteiger charge is 2.31. The summed E-state index contributed by atoms with van der Waals surface area (Å²) in [5, 5.41) is 16.4. The van der Waals surface area contributed by atoms with E-state index >= 15 is 0 Å². The van der Waals surface area contributed by atoms with Gasteiger partial charge < -0.3 is 25.2 Å². The molecule has 0 aliphatic carbocycles. The Morgan fingerprint density at radius 2 is 1.66 bits per heavy atom. The fraction of sp³-hybridized carbons (Fsp3) is 0.200. The van der Waals surface area contributed by atoms with Crippen molar-refractivity contribution in [3.8, 4) is 17.2 Å². The van der Waals surface area contributed by atoms with E-state index < -0.39 is 0 Å². The molecule has 1 aliphatic rings. The zero-order valence-corrected chi connectivity index (χ0v) is 21.0. The maximum absolute atomic E-state index is 10.6. The third-order valence-electron chi connectivity index (χ3n) is 5.41. The topological polar surface area (TPSA) is 67.3 Å². The molecule has 5 nitrogen and oxygen atoms in total. The molecule has 7 heteroatoms. The van der Waals surface area contributed by atoms with Crippen molar-refractivity contribution >= 4 is 37.6 Å². The second kappa shape index (κ2) is 9.98. The largest absolute Gasteiger partial charge is 0.507 e. The van der Waals surface area contributed by atoms with Crippen LogP contribution in [0.3, 0.4) is 0 Å². The first-order chi connectivity index (χ1) is 15.5. The van der Waals surface area contributed by atoms with E-state index in [1.165, 1.54) is 0 Å². The van der Waals surface area contributed by atoms with Crippen molar-refractivity contribution in [2.45, 2.75) is 19.1 Å². The molecule has 166 valence electrons. The highest BCUT2D eigenvalue weighted by Crippen LogP contribution is 2.34. The number of phenolic OH excluding ortho intramolecular Hbond substituents is 1. The number of rotatable bonds is 6. The fourth-order valence-corrected chi connectivity index (χ4v) is 4.66. The van der Waals surface area contributed by atoms with Gasteiger partial charge in [0.15, 0.2) is 6.17 Å². The van der Waals surface area contributed by atoms with Gasteiger partial charge in [0.05, 0.1) is 24.8 Å². The SMILES string of the molecule is CCOc1ccc(C2=CC(c3cc(Br)ccc3O)[NH2+]C(c3cc(Br)ccc3OC)N2)cc1. The number of methoxy groups -OCH3 is 1. The first-order valence-corrected chi connectivity index (χ1v) is 12.0. The maximum atomic E-state index is 10.6. The minimum Gasteiger partial charge on any atom is -0.507 e. The standard InChI is InChI=1S/C25H24Br2N2O3/c1-3-32-18-8-4-15(5-9-18)21-14-22(19-12-16(26)6-10-23(19)30)29-25(28-21)20-13-17(27)7-11-24(20)31-2/h4-14,22,25,28-30H,3H2,1-2H3/p+1. The molecule has 0 spiro atoms. The average molecular weight is 561 g/mol. The van der Waals surface area contributed by atoms with E-state index in [-0.39, 0.29) is 18.0 Å². The summed E-state index contributed by atoms with van der Waals surface area (Å²) < 4.78 is 13.1. The Kier molecular flexibility index (Phi) is 7.08. The third kappa shape index (κ3) is 4.95. The van der Waals surface area contributed by atoms with Crippen LogP contribution in [0.15, 0.2) is 75.7 Å². The Labute approximate surface area is 204 Å². The van der Waals surface area contributed by atoms with Gasteiger partial charge in [0.25, 0.3) is 0 Å². The van der Waals surface area contributed by atoms with Crippen molar-refractivity contribution in [3.63, 3.8) is 0 Å². The predicted octanol–water partition coefficient (Wildman–Crippen LogP) is 5.27. The molecule has 32 heavy (non-hydrogen) atoms. The summed E-state index contributed by atoms with van der Waals surface area (Å²) in [6, 6.07) is 19.4. The monoisotopic (exact) mass is 559 g/mol. The average Bonchev–Trinajstić information content (AvgIpc) is 2.81. The number of phenols is 1. The molecule has 2 unspecified atom stereocenters. The van der Waals surface area contributed by atoms with Crippen LogP contribution in [0.2, 0.25) is 0 Å². The number of halogens is 2. The molecule has 4 rings (SSSR count). The summed E-state index contributed by atoms with van der Waals surface area (Å²) in [5.41, 5.74) is 3.87. The van der Waals surface area contributed by atoms with Crippen molar-refractivity contribution in [2.75, 3.05) is 13.7 Å². The van der Waals surface area contributed by atoms with Gasteiger partial charge in [0, 0.05) is 20.7 Å². The number of quaternary nitrogens is 1. The Morgan fingerprint density at radius 3 is 2.34 bits per heavy atom. The molecule has 3 aromatic carbocycles. The van der Waals surface area contributed by atoms with E-state index in [2.05, 4.69) is 54.6 Å². The summed E-state index contributed by atoms with van der Waals surface area (Å²) >= 11 is 7.12. The van der Waals surface area contributed by atoms with Gasteiger partial charge in [-0.2, -0.15) is 0 Å². The molecule has 0 saturated carbocycles.